The lowest BCUT2D eigenvalue weighted by molar-refractivity contribution is -0.257. The van der Waals surface area contributed by atoms with Crippen molar-refractivity contribution in [3.63, 3.8) is 0 Å². The predicted molar refractivity (Wildman–Crippen MR) is 118 cm³/mol. The van der Waals surface area contributed by atoms with Crippen LogP contribution in [-0.2, 0) is 0 Å². The van der Waals surface area contributed by atoms with Gasteiger partial charge in [0.15, 0.2) is 0 Å². The van der Waals surface area contributed by atoms with E-state index in [1.54, 1.807) is 51.1 Å². The van der Waals surface area contributed by atoms with Gasteiger partial charge in [0.25, 0.3) is 0 Å². The van der Waals surface area contributed by atoms with Gasteiger partial charge in [0.1, 0.15) is 0 Å². The number of allylic oxidation sites excluding steroid dienone is 6. The molecule has 2 aliphatic carbocycles. The molecule has 0 radical (unpaired) electrons. The molecule has 0 amide bonds. The van der Waals surface area contributed by atoms with Crippen LogP contribution in [0.15, 0.2) is 81.2 Å². The molecule has 5 rings (SSSR count). The van der Waals surface area contributed by atoms with Crippen molar-refractivity contribution in [2.24, 2.45) is 0 Å². The molecule has 2 heterocycles. The summed E-state index contributed by atoms with van der Waals surface area (Å²) in [6.45, 7) is 8.78. The van der Waals surface area contributed by atoms with E-state index in [1.807, 2.05) is 0 Å². The van der Waals surface area contributed by atoms with Crippen LogP contribution in [0.3, 0.4) is 0 Å². The Kier molecular flexibility index (Phi) is 4.27. The summed E-state index contributed by atoms with van der Waals surface area (Å²) in [7, 11) is 0. The molecule has 168 valence electrons. The Bertz CT molecular complexity index is 1220. The monoisotopic (exact) mass is 484 g/mol. The van der Waals surface area contributed by atoms with E-state index in [1.165, 1.54) is 35.7 Å². The highest BCUT2D eigenvalue weighted by Crippen LogP contribution is 2.77. The number of thioether (sulfide) groups is 2. The third-order valence-corrected chi connectivity index (χ3v) is 10.2. The second-order valence-corrected chi connectivity index (χ2v) is 11.4. The van der Waals surface area contributed by atoms with Gasteiger partial charge in [-0.1, -0.05) is 43.0 Å². The summed E-state index contributed by atoms with van der Waals surface area (Å²) >= 11 is 2.47. The van der Waals surface area contributed by atoms with E-state index in [0.717, 1.165) is 0 Å². The molecule has 0 spiro atoms. The van der Waals surface area contributed by atoms with Crippen molar-refractivity contribution >= 4 is 29.1 Å². The van der Waals surface area contributed by atoms with Crippen molar-refractivity contribution in [2.45, 2.75) is 52.9 Å². The van der Waals surface area contributed by atoms with E-state index < -0.39 is 38.4 Å². The van der Waals surface area contributed by atoms with E-state index in [-0.39, 0.29) is 16.7 Å². The van der Waals surface area contributed by atoms with E-state index >= 15 is 17.6 Å². The Balaban J connectivity index is 2.03. The highest BCUT2D eigenvalue weighted by Gasteiger charge is 2.84. The SMILES string of the molecule is C=CC1=C(/C=C\C)C2=C3C(=C4c5ccccc5SC4(C)C2(C)S1)C(F)(F)C(F)(F)C3(F)F. The minimum Gasteiger partial charge on any atom is -0.194 e. The van der Waals surface area contributed by atoms with Crippen molar-refractivity contribution in [1.82, 2.24) is 0 Å². The molecule has 0 nitrogen and oxygen atoms in total. The summed E-state index contributed by atoms with van der Waals surface area (Å²) in [4.78, 5) is 1.11. The fourth-order valence-electron chi connectivity index (χ4n) is 5.29. The standard InChI is InChI=1S/C24H18F6S2/c1-5-9-12-14(6-2)31-20(3)16(12)18-19(23(27,28)24(29,30)22(18,25)26)17-13-10-7-8-11-15(13)32-21(17,20)4/h5-11H,2H2,1,3-4H3/b9-5-. The van der Waals surface area contributed by atoms with Crippen LogP contribution in [0.25, 0.3) is 5.57 Å². The molecule has 1 aromatic rings. The number of benzene rings is 1. The van der Waals surface area contributed by atoms with Crippen LogP contribution in [-0.4, -0.2) is 27.3 Å². The molecule has 32 heavy (non-hydrogen) atoms. The van der Waals surface area contributed by atoms with Crippen LogP contribution in [0.4, 0.5) is 26.3 Å². The average Bonchev–Trinajstić information content (AvgIpc) is 3.22. The minimum absolute atomic E-state index is 0.126. The molecule has 0 N–H and O–H groups in total. The van der Waals surface area contributed by atoms with Gasteiger partial charge < -0.3 is 0 Å². The second kappa shape index (κ2) is 6.20. The lowest BCUT2D eigenvalue weighted by Gasteiger charge is -2.47. The van der Waals surface area contributed by atoms with Crippen molar-refractivity contribution in [1.29, 1.82) is 0 Å². The van der Waals surface area contributed by atoms with Crippen LogP contribution < -0.4 is 0 Å². The van der Waals surface area contributed by atoms with Crippen molar-refractivity contribution < 1.29 is 26.3 Å². The minimum atomic E-state index is -5.55. The molecule has 1 aromatic carbocycles. The molecule has 8 heteroatoms. The average molecular weight is 485 g/mol. The Hall–Kier alpha value is -1.80. The quantitative estimate of drug-likeness (QED) is 0.390. The van der Waals surface area contributed by atoms with Crippen LogP contribution in [0.5, 0.6) is 0 Å². The molecule has 1 saturated carbocycles. The highest BCUT2D eigenvalue weighted by atomic mass is 32.2. The van der Waals surface area contributed by atoms with Gasteiger partial charge >= 0.3 is 17.8 Å². The van der Waals surface area contributed by atoms with Crippen LogP contribution in [0, 0.1) is 0 Å². The molecule has 2 atom stereocenters. The Labute approximate surface area is 190 Å². The van der Waals surface area contributed by atoms with Gasteiger partial charge in [-0.25, -0.2) is 0 Å². The molecule has 0 saturated heterocycles. The number of hydrogen-bond acceptors (Lipinski definition) is 2. The van der Waals surface area contributed by atoms with Crippen molar-refractivity contribution in [3.8, 4) is 0 Å². The van der Waals surface area contributed by atoms with Crippen LogP contribution in [0.2, 0.25) is 0 Å². The van der Waals surface area contributed by atoms with Gasteiger partial charge in [0.05, 0.1) is 9.49 Å². The van der Waals surface area contributed by atoms with E-state index in [9.17, 15) is 8.78 Å². The van der Waals surface area contributed by atoms with Gasteiger partial charge in [-0.05, 0) is 49.1 Å². The maximum absolute atomic E-state index is 15.4. The third-order valence-electron chi connectivity index (χ3n) is 6.87. The molecule has 4 aliphatic rings. The topological polar surface area (TPSA) is 0 Å². The smallest absolute Gasteiger partial charge is 0.194 e. The lowest BCUT2D eigenvalue weighted by Crippen LogP contribution is -2.48. The lowest BCUT2D eigenvalue weighted by atomic mass is 9.68. The van der Waals surface area contributed by atoms with Gasteiger partial charge in [-0.2, -0.15) is 26.3 Å². The Morgan fingerprint density at radius 2 is 1.38 bits per heavy atom. The first-order valence-electron chi connectivity index (χ1n) is 9.92. The maximum atomic E-state index is 15.4. The van der Waals surface area contributed by atoms with E-state index in [2.05, 4.69) is 6.58 Å². The van der Waals surface area contributed by atoms with E-state index in [0.29, 0.717) is 15.4 Å². The summed E-state index contributed by atoms with van der Waals surface area (Å²) in [5, 5.41) is 0. The van der Waals surface area contributed by atoms with Crippen molar-refractivity contribution in [3.05, 3.63) is 81.8 Å². The molecular formula is C24H18F6S2. The first-order chi connectivity index (χ1) is 14.8. The summed E-state index contributed by atoms with van der Waals surface area (Å²) in [6, 6.07) is 6.56. The number of fused-ring (bicyclic) bond motifs is 6. The Morgan fingerprint density at radius 1 is 0.812 bits per heavy atom. The molecule has 0 bridgehead atoms. The normalized spacial score (nSPS) is 33.5. The zero-order valence-corrected chi connectivity index (χ0v) is 19.0. The first kappa shape index (κ1) is 22.0. The molecule has 0 aromatic heterocycles. The highest BCUT2D eigenvalue weighted by molar-refractivity contribution is 8.08. The molecule has 2 unspecified atom stereocenters. The molecule has 2 aliphatic heterocycles. The van der Waals surface area contributed by atoms with E-state index in [4.69, 9.17) is 0 Å². The Morgan fingerprint density at radius 3 is 1.97 bits per heavy atom. The summed E-state index contributed by atoms with van der Waals surface area (Å²) < 4.78 is 88.6. The third kappa shape index (κ3) is 2.12. The second-order valence-electron chi connectivity index (χ2n) is 8.47. The number of rotatable bonds is 2. The van der Waals surface area contributed by atoms with Gasteiger partial charge in [0.2, 0.25) is 0 Å². The predicted octanol–water partition coefficient (Wildman–Crippen LogP) is 8.06. The molecular weight excluding hydrogens is 466 g/mol. The van der Waals surface area contributed by atoms with Crippen molar-refractivity contribution in [2.75, 3.05) is 0 Å². The van der Waals surface area contributed by atoms with Gasteiger partial charge in [-0.3, -0.25) is 0 Å². The summed E-state index contributed by atoms with van der Waals surface area (Å²) in [6.07, 6.45) is 4.57. The number of hydrogen-bond donors (Lipinski definition) is 0. The fourth-order valence-corrected chi connectivity index (χ4v) is 8.43. The van der Waals surface area contributed by atoms with Gasteiger partial charge in [0, 0.05) is 20.9 Å². The maximum Gasteiger partial charge on any atom is 0.380 e. The van der Waals surface area contributed by atoms with Gasteiger partial charge in [-0.15, -0.1) is 23.5 Å². The zero-order chi connectivity index (χ0) is 23.5. The fraction of sp³-hybridized carbons (Fsp3) is 0.333. The molecule has 1 fully saturated rings. The number of alkyl halides is 6. The van der Waals surface area contributed by atoms with Crippen LogP contribution in [0.1, 0.15) is 26.3 Å². The summed E-state index contributed by atoms with van der Waals surface area (Å²) in [5.41, 5.74) is -2.20. The largest absolute Gasteiger partial charge is 0.380 e. The number of halogens is 6. The first-order valence-corrected chi connectivity index (χ1v) is 11.6. The summed E-state index contributed by atoms with van der Waals surface area (Å²) in [5.74, 6) is -15.6. The van der Waals surface area contributed by atoms with Crippen LogP contribution >= 0.6 is 23.5 Å². The zero-order valence-electron chi connectivity index (χ0n) is 17.3.